The van der Waals surface area contributed by atoms with Gasteiger partial charge in [0, 0.05) is 5.56 Å². The first kappa shape index (κ1) is 15.3. The van der Waals surface area contributed by atoms with E-state index in [-0.39, 0.29) is 5.56 Å². The van der Waals surface area contributed by atoms with Gasteiger partial charge in [-0.3, -0.25) is 9.36 Å². The standard InChI is InChI=1S/C22H18N2O/c1-15-12-13-20(16(2)14-15)24-21(17-8-4-3-5-9-17)23-19-11-7-6-10-18(19)22(24)25/h3-14H,1-2H3. The number of nitrogens with zero attached hydrogens (tertiary/aromatic N) is 2. The monoisotopic (exact) mass is 326 g/mol. The second-order valence-corrected chi connectivity index (χ2v) is 6.25. The molecule has 4 rings (SSSR count). The highest BCUT2D eigenvalue weighted by Crippen LogP contribution is 2.24. The van der Waals surface area contributed by atoms with E-state index in [4.69, 9.17) is 4.98 Å². The van der Waals surface area contributed by atoms with E-state index >= 15 is 0 Å². The molecular formula is C22H18N2O. The molecule has 0 aliphatic heterocycles. The van der Waals surface area contributed by atoms with Crippen LogP contribution in [0.1, 0.15) is 11.1 Å². The maximum atomic E-state index is 13.3. The Hall–Kier alpha value is -3.20. The summed E-state index contributed by atoms with van der Waals surface area (Å²) in [6.45, 7) is 4.08. The summed E-state index contributed by atoms with van der Waals surface area (Å²) in [4.78, 5) is 18.1. The zero-order valence-electron chi connectivity index (χ0n) is 14.2. The summed E-state index contributed by atoms with van der Waals surface area (Å²) >= 11 is 0. The zero-order chi connectivity index (χ0) is 17.4. The van der Waals surface area contributed by atoms with E-state index < -0.39 is 0 Å². The summed E-state index contributed by atoms with van der Waals surface area (Å²) < 4.78 is 1.73. The predicted molar refractivity (Wildman–Crippen MR) is 102 cm³/mol. The maximum absolute atomic E-state index is 13.3. The predicted octanol–water partition coefficient (Wildman–Crippen LogP) is 4.67. The van der Waals surface area contributed by atoms with Crippen LogP contribution in [0.2, 0.25) is 0 Å². The normalized spacial score (nSPS) is 11.0. The molecular weight excluding hydrogens is 308 g/mol. The van der Waals surface area contributed by atoms with Crippen LogP contribution in [0.3, 0.4) is 0 Å². The lowest BCUT2D eigenvalue weighted by Crippen LogP contribution is -2.22. The molecule has 3 heteroatoms. The van der Waals surface area contributed by atoms with Crippen molar-refractivity contribution in [2.75, 3.05) is 0 Å². The molecule has 0 fully saturated rings. The summed E-state index contributed by atoms with van der Waals surface area (Å²) in [6.07, 6.45) is 0. The summed E-state index contributed by atoms with van der Waals surface area (Å²) in [5, 5.41) is 0.627. The summed E-state index contributed by atoms with van der Waals surface area (Å²) in [7, 11) is 0. The fourth-order valence-electron chi connectivity index (χ4n) is 3.19. The van der Waals surface area contributed by atoms with Crippen LogP contribution in [0.5, 0.6) is 0 Å². The Kier molecular flexibility index (Phi) is 3.69. The minimum absolute atomic E-state index is 0.0450. The van der Waals surface area contributed by atoms with Crippen LogP contribution in [-0.2, 0) is 0 Å². The molecule has 0 saturated heterocycles. The topological polar surface area (TPSA) is 34.9 Å². The third kappa shape index (κ3) is 2.64. The van der Waals surface area contributed by atoms with Crippen LogP contribution in [0.4, 0.5) is 0 Å². The summed E-state index contributed by atoms with van der Waals surface area (Å²) in [5.41, 5.74) is 4.68. The van der Waals surface area contributed by atoms with Gasteiger partial charge in [-0.25, -0.2) is 4.98 Å². The fraction of sp³-hybridized carbons (Fsp3) is 0.0909. The highest BCUT2D eigenvalue weighted by Gasteiger charge is 2.15. The van der Waals surface area contributed by atoms with E-state index in [1.807, 2.05) is 73.7 Å². The number of benzene rings is 3. The van der Waals surface area contributed by atoms with Crippen molar-refractivity contribution in [3.8, 4) is 17.1 Å². The lowest BCUT2D eigenvalue weighted by Gasteiger charge is -2.16. The van der Waals surface area contributed by atoms with Gasteiger partial charge in [-0.15, -0.1) is 0 Å². The fourth-order valence-corrected chi connectivity index (χ4v) is 3.19. The first-order valence-corrected chi connectivity index (χ1v) is 8.30. The van der Waals surface area contributed by atoms with Gasteiger partial charge in [0.2, 0.25) is 0 Å². The lowest BCUT2D eigenvalue weighted by atomic mass is 10.1. The quantitative estimate of drug-likeness (QED) is 0.536. The first-order chi connectivity index (χ1) is 12.1. The van der Waals surface area contributed by atoms with E-state index in [1.165, 1.54) is 5.56 Å². The number of para-hydroxylation sites is 1. The van der Waals surface area contributed by atoms with Crippen LogP contribution in [0.15, 0.2) is 77.6 Å². The Morgan fingerprint density at radius 1 is 0.840 bits per heavy atom. The van der Waals surface area contributed by atoms with Gasteiger partial charge >= 0.3 is 0 Å². The van der Waals surface area contributed by atoms with Gasteiger partial charge in [-0.05, 0) is 37.6 Å². The Bertz CT molecular complexity index is 1130. The van der Waals surface area contributed by atoms with E-state index in [0.717, 1.165) is 16.8 Å². The lowest BCUT2D eigenvalue weighted by molar-refractivity contribution is 0.963. The molecule has 122 valence electrons. The molecule has 0 N–H and O–H groups in total. The molecule has 0 atom stereocenters. The van der Waals surface area contributed by atoms with Crippen molar-refractivity contribution < 1.29 is 0 Å². The number of aryl methyl sites for hydroxylation is 2. The molecule has 0 unspecified atom stereocenters. The van der Waals surface area contributed by atoms with Gasteiger partial charge in [-0.2, -0.15) is 0 Å². The third-order valence-electron chi connectivity index (χ3n) is 4.40. The number of rotatable bonds is 2. The Morgan fingerprint density at radius 2 is 1.56 bits per heavy atom. The van der Waals surface area contributed by atoms with Crippen molar-refractivity contribution in [1.82, 2.24) is 9.55 Å². The smallest absolute Gasteiger partial charge is 0.266 e. The highest BCUT2D eigenvalue weighted by atomic mass is 16.1. The first-order valence-electron chi connectivity index (χ1n) is 8.30. The van der Waals surface area contributed by atoms with Crippen LogP contribution in [0.25, 0.3) is 28.0 Å². The Morgan fingerprint density at radius 3 is 2.32 bits per heavy atom. The Balaban J connectivity index is 2.14. The number of hydrogen-bond donors (Lipinski definition) is 0. The van der Waals surface area contributed by atoms with Gasteiger partial charge in [-0.1, -0.05) is 60.2 Å². The van der Waals surface area contributed by atoms with Crippen molar-refractivity contribution in [1.29, 1.82) is 0 Å². The Labute approximate surface area is 146 Å². The summed E-state index contributed by atoms with van der Waals surface area (Å²) in [6, 6.07) is 23.5. The zero-order valence-corrected chi connectivity index (χ0v) is 14.2. The summed E-state index contributed by atoms with van der Waals surface area (Å²) in [5.74, 6) is 0.663. The van der Waals surface area contributed by atoms with Crippen molar-refractivity contribution in [2.45, 2.75) is 13.8 Å². The van der Waals surface area contributed by atoms with Crippen LogP contribution < -0.4 is 5.56 Å². The molecule has 0 aliphatic carbocycles. The second-order valence-electron chi connectivity index (χ2n) is 6.25. The van der Waals surface area contributed by atoms with Gasteiger partial charge in [0.15, 0.2) is 0 Å². The average Bonchev–Trinajstić information content (AvgIpc) is 2.63. The minimum Gasteiger partial charge on any atom is -0.268 e. The second kappa shape index (κ2) is 6.02. The van der Waals surface area contributed by atoms with Crippen LogP contribution in [0, 0.1) is 13.8 Å². The third-order valence-corrected chi connectivity index (χ3v) is 4.40. The van der Waals surface area contributed by atoms with E-state index in [0.29, 0.717) is 16.7 Å². The molecule has 4 aromatic rings. The van der Waals surface area contributed by atoms with E-state index in [1.54, 1.807) is 4.57 Å². The van der Waals surface area contributed by atoms with E-state index in [9.17, 15) is 4.79 Å². The van der Waals surface area contributed by atoms with Crippen molar-refractivity contribution in [3.05, 3.63) is 94.3 Å². The molecule has 0 aliphatic rings. The van der Waals surface area contributed by atoms with Crippen molar-refractivity contribution in [2.24, 2.45) is 0 Å². The van der Waals surface area contributed by atoms with Crippen LogP contribution in [-0.4, -0.2) is 9.55 Å². The number of hydrogen-bond acceptors (Lipinski definition) is 2. The molecule has 0 spiro atoms. The maximum Gasteiger partial charge on any atom is 0.266 e. The van der Waals surface area contributed by atoms with Gasteiger partial charge < -0.3 is 0 Å². The minimum atomic E-state index is -0.0450. The van der Waals surface area contributed by atoms with Gasteiger partial charge in [0.25, 0.3) is 5.56 Å². The number of fused-ring (bicyclic) bond motifs is 1. The van der Waals surface area contributed by atoms with Crippen molar-refractivity contribution in [3.63, 3.8) is 0 Å². The molecule has 25 heavy (non-hydrogen) atoms. The van der Waals surface area contributed by atoms with Gasteiger partial charge in [0.05, 0.1) is 16.6 Å². The molecule has 0 saturated carbocycles. The number of aromatic nitrogens is 2. The van der Waals surface area contributed by atoms with Crippen molar-refractivity contribution >= 4 is 10.9 Å². The molecule has 3 aromatic carbocycles. The molecule has 1 heterocycles. The largest absolute Gasteiger partial charge is 0.268 e. The molecule has 3 nitrogen and oxygen atoms in total. The average molecular weight is 326 g/mol. The SMILES string of the molecule is Cc1ccc(-n2c(-c3ccccc3)nc3ccccc3c2=O)c(C)c1. The molecule has 0 bridgehead atoms. The van der Waals surface area contributed by atoms with Crippen LogP contribution >= 0.6 is 0 Å². The highest BCUT2D eigenvalue weighted by molar-refractivity contribution is 5.80. The molecule has 0 amide bonds. The van der Waals surface area contributed by atoms with E-state index in [2.05, 4.69) is 13.0 Å². The molecule has 0 radical (unpaired) electrons. The van der Waals surface area contributed by atoms with Gasteiger partial charge in [0.1, 0.15) is 5.82 Å². The molecule has 1 aromatic heterocycles.